The van der Waals surface area contributed by atoms with Gasteiger partial charge in [-0.1, -0.05) is 30.3 Å². The molecule has 0 aliphatic rings. The highest BCUT2D eigenvalue weighted by Gasteiger charge is 2.02. The summed E-state index contributed by atoms with van der Waals surface area (Å²) in [5.74, 6) is -0.509. The number of carbonyl (C=O) groups is 2. The van der Waals surface area contributed by atoms with Crippen molar-refractivity contribution in [2.24, 2.45) is 0 Å². The second-order valence-electron chi connectivity index (χ2n) is 2.72. The molecule has 0 saturated heterocycles. The van der Waals surface area contributed by atoms with Gasteiger partial charge in [0.2, 0.25) is 0 Å². The zero-order chi connectivity index (χ0) is 11.1. The van der Waals surface area contributed by atoms with E-state index >= 15 is 0 Å². The van der Waals surface area contributed by atoms with Crippen molar-refractivity contribution in [1.82, 2.24) is 5.32 Å². The minimum absolute atomic E-state index is 0.509. The number of hydrogen-bond acceptors (Lipinski definition) is 3. The molecule has 2 amide bonds. The highest BCUT2D eigenvalue weighted by Crippen LogP contribution is 2.00. The molecule has 0 heterocycles. The van der Waals surface area contributed by atoms with E-state index in [1.807, 2.05) is 35.6 Å². The van der Waals surface area contributed by atoms with Gasteiger partial charge >= 0.3 is 6.09 Å². The fraction of sp³-hybridized carbons (Fsp3) is 0.0909. The maximum absolute atomic E-state index is 11.1. The number of nitrogens with one attached hydrogen (secondary N) is 1. The first kappa shape index (κ1) is 11.0. The van der Waals surface area contributed by atoms with Crippen LogP contribution in [0.3, 0.4) is 0 Å². The van der Waals surface area contributed by atoms with Gasteiger partial charge in [-0.25, -0.2) is 4.79 Å². The van der Waals surface area contributed by atoms with Gasteiger partial charge in [0.25, 0.3) is 5.91 Å². The molecule has 0 aromatic heterocycles. The second-order valence-corrected chi connectivity index (χ2v) is 2.72. The lowest BCUT2D eigenvalue weighted by Crippen LogP contribution is -2.28. The minimum atomic E-state index is -0.766. The molecule has 0 saturated carbocycles. The third-order valence-corrected chi connectivity index (χ3v) is 1.64. The van der Waals surface area contributed by atoms with Crippen LogP contribution in [0.4, 0.5) is 4.79 Å². The zero-order valence-electron chi connectivity index (χ0n) is 8.27. The number of benzene rings is 1. The zero-order valence-corrected chi connectivity index (χ0v) is 8.27. The van der Waals surface area contributed by atoms with E-state index < -0.39 is 12.0 Å². The number of ether oxygens (including phenoxy) is 1. The molecule has 0 bridgehead atoms. The monoisotopic (exact) mass is 205 g/mol. The first-order valence-electron chi connectivity index (χ1n) is 4.34. The molecule has 1 aromatic carbocycles. The van der Waals surface area contributed by atoms with E-state index in [2.05, 4.69) is 4.74 Å². The van der Waals surface area contributed by atoms with Gasteiger partial charge in [0.15, 0.2) is 0 Å². The summed E-state index contributed by atoms with van der Waals surface area (Å²) in [6.07, 6.45) is 2.11. The third kappa shape index (κ3) is 4.08. The second kappa shape index (κ2) is 5.59. The van der Waals surface area contributed by atoms with Gasteiger partial charge < -0.3 is 4.74 Å². The number of alkyl carbamates (subject to hydrolysis) is 1. The van der Waals surface area contributed by atoms with Crippen LogP contribution in [0, 0.1) is 0 Å². The van der Waals surface area contributed by atoms with Crippen LogP contribution in [0.1, 0.15) is 5.56 Å². The van der Waals surface area contributed by atoms with Crippen LogP contribution in [-0.4, -0.2) is 19.1 Å². The van der Waals surface area contributed by atoms with Crippen LogP contribution < -0.4 is 5.32 Å². The molecular weight excluding hydrogens is 194 g/mol. The minimum Gasteiger partial charge on any atom is -0.453 e. The first-order valence-corrected chi connectivity index (χ1v) is 4.34. The summed E-state index contributed by atoms with van der Waals surface area (Å²) in [5, 5.41) is 2.01. The van der Waals surface area contributed by atoms with Gasteiger partial charge in [0, 0.05) is 6.08 Å². The average molecular weight is 205 g/mol. The summed E-state index contributed by atoms with van der Waals surface area (Å²) >= 11 is 0. The number of carbonyl (C=O) groups excluding carboxylic acids is 2. The van der Waals surface area contributed by atoms with Crippen LogP contribution in [0.2, 0.25) is 0 Å². The Kier molecular flexibility index (Phi) is 4.09. The number of methoxy groups -OCH3 is 1. The normalized spacial score (nSPS) is 9.93. The Labute approximate surface area is 87.6 Å². The molecule has 1 rings (SSSR count). The first-order chi connectivity index (χ1) is 7.22. The van der Waals surface area contributed by atoms with Crippen molar-refractivity contribution < 1.29 is 14.3 Å². The van der Waals surface area contributed by atoms with Crippen LogP contribution >= 0.6 is 0 Å². The fourth-order valence-corrected chi connectivity index (χ4v) is 0.929. The molecule has 15 heavy (non-hydrogen) atoms. The van der Waals surface area contributed by atoms with Crippen molar-refractivity contribution in [2.75, 3.05) is 7.11 Å². The smallest absolute Gasteiger partial charge is 0.413 e. The quantitative estimate of drug-likeness (QED) is 0.746. The molecule has 0 aliphatic carbocycles. The van der Waals surface area contributed by atoms with Crippen molar-refractivity contribution in [3.63, 3.8) is 0 Å². The molecule has 0 unspecified atom stereocenters. The van der Waals surface area contributed by atoms with E-state index in [0.29, 0.717) is 0 Å². The van der Waals surface area contributed by atoms with Gasteiger partial charge in [0.1, 0.15) is 0 Å². The Morgan fingerprint density at radius 1 is 1.27 bits per heavy atom. The molecule has 0 fully saturated rings. The average Bonchev–Trinajstić information content (AvgIpc) is 2.27. The molecule has 0 spiro atoms. The van der Waals surface area contributed by atoms with Crippen LogP contribution in [0.15, 0.2) is 36.4 Å². The molecular formula is C11H11NO3. The maximum Gasteiger partial charge on any atom is 0.413 e. The molecule has 4 heteroatoms. The number of rotatable bonds is 2. The Morgan fingerprint density at radius 3 is 2.53 bits per heavy atom. The lowest BCUT2D eigenvalue weighted by molar-refractivity contribution is -0.115. The maximum atomic E-state index is 11.1. The molecule has 0 radical (unpaired) electrons. The fourth-order valence-electron chi connectivity index (χ4n) is 0.929. The van der Waals surface area contributed by atoms with E-state index in [4.69, 9.17) is 0 Å². The van der Waals surface area contributed by atoms with Gasteiger partial charge in [-0.2, -0.15) is 0 Å². The third-order valence-electron chi connectivity index (χ3n) is 1.64. The molecule has 0 atom stereocenters. The Balaban J connectivity index is 2.52. The lowest BCUT2D eigenvalue weighted by Gasteiger charge is -1.97. The topological polar surface area (TPSA) is 55.4 Å². The summed E-state index contributed by atoms with van der Waals surface area (Å²) in [4.78, 5) is 21.7. The molecule has 1 aromatic rings. The summed E-state index contributed by atoms with van der Waals surface area (Å²) in [6.45, 7) is 0. The van der Waals surface area contributed by atoms with E-state index in [9.17, 15) is 9.59 Å². The largest absolute Gasteiger partial charge is 0.453 e. The Bertz CT molecular complexity index is 371. The van der Waals surface area contributed by atoms with Crippen molar-refractivity contribution >= 4 is 18.1 Å². The number of amides is 2. The number of hydrogen-bond donors (Lipinski definition) is 1. The summed E-state index contributed by atoms with van der Waals surface area (Å²) in [5.41, 5.74) is 0.887. The molecule has 1 N–H and O–H groups in total. The highest BCUT2D eigenvalue weighted by atomic mass is 16.5. The standard InChI is InChI=1S/C11H11NO3/c1-15-11(14)12-10(13)8-7-9-5-3-2-4-6-9/h2-8H,1H3,(H,12,13,14)/b8-7+. The predicted molar refractivity (Wildman–Crippen MR) is 56.0 cm³/mol. The Morgan fingerprint density at radius 2 is 1.93 bits per heavy atom. The SMILES string of the molecule is COC(=O)NC(=O)/C=C/c1ccccc1. The van der Waals surface area contributed by atoms with Crippen molar-refractivity contribution in [3.05, 3.63) is 42.0 Å². The van der Waals surface area contributed by atoms with E-state index in [0.717, 1.165) is 5.56 Å². The van der Waals surface area contributed by atoms with E-state index in [-0.39, 0.29) is 0 Å². The molecule has 0 aliphatic heterocycles. The van der Waals surface area contributed by atoms with Gasteiger partial charge in [-0.15, -0.1) is 0 Å². The van der Waals surface area contributed by atoms with Crippen LogP contribution in [0.25, 0.3) is 6.08 Å². The van der Waals surface area contributed by atoms with Crippen molar-refractivity contribution in [2.45, 2.75) is 0 Å². The summed E-state index contributed by atoms with van der Waals surface area (Å²) in [6, 6.07) is 9.30. The van der Waals surface area contributed by atoms with Gasteiger partial charge in [-0.05, 0) is 11.6 Å². The van der Waals surface area contributed by atoms with E-state index in [1.54, 1.807) is 6.08 Å². The highest BCUT2D eigenvalue weighted by molar-refractivity contribution is 6.00. The van der Waals surface area contributed by atoms with Crippen molar-refractivity contribution in [1.29, 1.82) is 0 Å². The lowest BCUT2D eigenvalue weighted by atomic mass is 10.2. The summed E-state index contributed by atoms with van der Waals surface area (Å²) < 4.78 is 4.27. The van der Waals surface area contributed by atoms with Crippen LogP contribution in [0.5, 0.6) is 0 Å². The number of imide groups is 1. The Hall–Kier alpha value is -2.10. The molecule has 78 valence electrons. The van der Waals surface area contributed by atoms with Crippen molar-refractivity contribution in [3.8, 4) is 0 Å². The predicted octanol–water partition coefficient (Wildman–Crippen LogP) is 1.58. The molecule has 4 nitrogen and oxygen atoms in total. The van der Waals surface area contributed by atoms with Gasteiger partial charge in [-0.3, -0.25) is 10.1 Å². The van der Waals surface area contributed by atoms with Crippen LogP contribution in [-0.2, 0) is 9.53 Å². The van der Waals surface area contributed by atoms with Gasteiger partial charge in [0.05, 0.1) is 7.11 Å². The van der Waals surface area contributed by atoms with E-state index in [1.165, 1.54) is 13.2 Å². The summed E-state index contributed by atoms with van der Waals surface area (Å²) in [7, 11) is 1.20.